The van der Waals surface area contributed by atoms with Crippen LogP contribution in [0.15, 0.2) is 36.4 Å². The van der Waals surface area contributed by atoms with E-state index >= 15 is 0 Å². The first-order chi connectivity index (χ1) is 13.1. The number of hydrogen-bond acceptors (Lipinski definition) is 3. The molecule has 0 saturated carbocycles. The van der Waals surface area contributed by atoms with E-state index in [4.69, 9.17) is 32.7 Å². The van der Waals surface area contributed by atoms with Gasteiger partial charge in [0, 0.05) is 35.0 Å². The molecular weight excluding hydrogens is 387 g/mol. The highest BCUT2D eigenvalue weighted by atomic mass is 35.5. The van der Waals surface area contributed by atoms with Gasteiger partial charge in [-0.05, 0) is 24.3 Å². The third kappa shape index (κ3) is 4.32. The molecule has 1 amide bonds. The Bertz CT molecular complexity index is 834. The molecule has 0 atom stereocenters. The Labute approximate surface area is 168 Å². The van der Waals surface area contributed by atoms with Crippen molar-refractivity contribution in [2.24, 2.45) is 0 Å². The van der Waals surface area contributed by atoms with Crippen LogP contribution in [0.3, 0.4) is 0 Å². The van der Waals surface area contributed by atoms with E-state index in [-0.39, 0.29) is 18.7 Å². The van der Waals surface area contributed by atoms with Gasteiger partial charge >= 0.3 is 0 Å². The third-order valence-corrected chi connectivity index (χ3v) is 5.62. The number of carbonyl (C=O) groups excluding carboxylic acids is 1. The summed E-state index contributed by atoms with van der Waals surface area (Å²) in [6.07, 6.45) is 1.90. The molecule has 2 aromatic rings. The first kappa shape index (κ1) is 18.4. The van der Waals surface area contributed by atoms with Crippen LogP contribution in [-0.2, 0) is 6.54 Å². The zero-order chi connectivity index (χ0) is 18.8. The predicted molar refractivity (Wildman–Crippen MR) is 104 cm³/mol. The van der Waals surface area contributed by atoms with Crippen LogP contribution in [0.2, 0.25) is 10.0 Å². The first-order valence-electron chi connectivity index (χ1n) is 9.06. The summed E-state index contributed by atoms with van der Waals surface area (Å²) in [5.41, 5.74) is 1.78. The van der Waals surface area contributed by atoms with Crippen molar-refractivity contribution in [1.29, 1.82) is 0 Å². The topological polar surface area (TPSA) is 52.0 Å². The molecule has 1 fully saturated rings. The fourth-order valence-corrected chi connectivity index (χ4v) is 4.00. The number of likely N-dealkylation sites (tertiary alicyclic amines) is 1. The molecule has 2 aliphatic heterocycles. The monoisotopic (exact) mass is 407 g/mol. The molecule has 7 heteroatoms. The fraction of sp³-hybridized carbons (Fsp3) is 0.350. The van der Waals surface area contributed by atoms with Crippen molar-refractivity contribution in [1.82, 2.24) is 5.32 Å². The molecule has 0 aromatic heterocycles. The Morgan fingerprint density at radius 1 is 1.11 bits per heavy atom. The Morgan fingerprint density at radius 2 is 1.85 bits per heavy atom. The summed E-state index contributed by atoms with van der Waals surface area (Å²) in [6.45, 7) is 3.16. The predicted octanol–water partition coefficient (Wildman–Crippen LogP) is 2.70. The molecule has 0 bridgehead atoms. The van der Waals surface area contributed by atoms with Crippen LogP contribution in [-0.4, -0.2) is 31.8 Å². The highest BCUT2D eigenvalue weighted by molar-refractivity contribution is 6.32. The molecule has 1 saturated heterocycles. The van der Waals surface area contributed by atoms with Crippen molar-refractivity contribution < 1.29 is 19.2 Å². The van der Waals surface area contributed by atoms with E-state index in [0.29, 0.717) is 22.1 Å². The molecule has 2 heterocycles. The van der Waals surface area contributed by atoms with Crippen molar-refractivity contribution in [2.75, 3.05) is 19.9 Å². The van der Waals surface area contributed by atoms with Crippen molar-refractivity contribution in [2.45, 2.75) is 25.4 Å². The van der Waals surface area contributed by atoms with Crippen molar-refractivity contribution >= 4 is 29.1 Å². The minimum Gasteiger partial charge on any atom is -0.454 e. The summed E-state index contributed by atoms with van der Waals surface area (Å²) in [5.74, 6) is 0.906. The number of nitrogens with one attached hydrogen (secondary N) is 2. The van der Waals surface area contributed by atoms with E-state index in [9.17, 15) is 4.79 Å². The van der Waals surface area contributed by atoms with Gasteiger partial charge in [-0.15, -0.1) is 0 Å². The zero-order valence-electron chi connectivity index (χ0n) is 14.8. The van der Waals surface area contributed by atoms with Crippen molar-refractivity contribution in [3.8, 4) is 11.5 Å². The van der Waals surface area contributed by atoms with Gasteiger partial charge in [0.15, 0.2) is 11.5 Å². The average Bonchev–Trinajstić information content (AvgIpc) is 3.14. The molecule has 0 spiro atoms. The quantitative estimate of drug-likeness (QED) is 0.818. The highest BCUT2D eigenvalue weighted by Crippen LogP contribution is 2.39. The van der Waals surface area contributed by atoms with Gasteiger partial charge in [0.05, 0.1) is 18.1 Å². The molecule has 0 unspecified atom stereocenters. The minimum atomic E-state index is -0.124. The summed E-state index contributed by atoms with van der Waals surface area (Å²) in [7, 11) is 0. The normalized spacial score (nSPS) is 21.1. The Morgan fingerprint density at radius 3 is 2.59 bits per heavy atom. The molecule has 0 aliphatic carbocycles. The number of piperidine rings is 1. The van der Waals surface area contributed by atoms with Gasteiger partial charge < -0.3 is 19.7 Å². The van der Waals surface area contributed by atoms with E-state index < -0.39 is 0 Å². The number of benzene rings is 2. The number of fused-ring (bicyclic) bond motifs is 1. The lowest BCUT2D eigenvalue weighted by molar-refractivity contribution is -0.918. The maximum atomic E-state index is 12.6. The Balaban J connectivity index is 1.31. The van der Waals surface area contributed by atoms with Crippen LogP contribution in [0, 0.1) is 0 Å². The smallest absolute Gasteiger partial charge is 0.251 e. The molecule has 2 aliphatic rings. The minimum absolute atomic E-state index is 0.124. The number of amides is 1. The molecule has 142 valence electrons. The number of rotatable bonds is 4. The van der Waals surface area contributed by atoms with Gasteiger partial charge in [-0.3, -0.25) is 4.79 Å². The van der Waals surface area contributed by atoms with Crippen LogP contribution in [0.1, 0.15) is 28.8 Å². The van der Waals surface area contributed by atoms with Crippen LogP contribution in [0.4, 0.5) is 0 Å². The first-order valence-corrected chi connectivity index (χ1v) is 9.82. The summed E-state index contributed by atoms with van der Waals surface area (Å²) < 4.78 is 10.6. The average molecular weight is 408 g/mol. The summed E-state index contributed by atoms with van der Waals surface area (Å²) in [5, 5.41) is 4.28. The zero-order valence-corrected chi connectivity index (χ0v) is 16.3. The largest absolute Gasteiger partial charge is 0.454 e. The van der Waals surface area contributed by atoms with Crippen molar-refractivity contribution in [3.63, 3.8) is 0 Å². The lowest BCUT2D eigenvalue weighted by atomic mass is 10.0. The van der Waals surface area contributed by atoms with Gasteiger partial charge in [0.2, 0.25) is 6.79 Å². The summed E-state index contributed by atoms with van der Waals surface area (Å²) in [4.78, 5) is 14.1. The fourth-order valence-electron chi connectivity index (χ4n) is 3.61. The van der Waals surface area contributed by atoms with Crippen LogP contribution >= 0.6 is 23.2 Å². The number of hydrogen-bond donors (Lipinski definition) is 2. The van der Waals surface area contributed by atoms with E-state index in [2.05, 4.69) is 17.4 Å². The molecule has 0 radical (unpaired) electrons. The van der Waals surface area contributed by atoms with Gasteiger partial charge in [-0.2, -0.15) is 0 Å². The van der Waals surface area contributed by atoms with E-state index in [0.717, 1.165) is 37.5 Å². The van der Waals surface area contributed by atoms with E-state index in [1.165, 1.54) is 10.5 Å². The summed E-state index contributed by atoms with van der Waals surface area (Å²) in [6, 6.07) is 11.5. The molecule has 4 rings (SSSR count). The Kier molecular flexibility index (Phi) is 5.43. The lowest BCUT2D eigenvalue weighted by Crippen LogP contribution is -3.12. The van der Waals surface area contributed by atoms with Crippen LogP contribution in [0.25, 0.3) is 0 Å². The molecule has 2 aromatic carbocycles. The van der Waals surface area contributed by atoms with E-state index in [1.54, 1.807) is 12.1 Å². The molecule has 5 nitrogen and oxygen atoms in total. The SMILES string of the molecule is O=C(NC1CC[NH+](Cc2ccc(Cl)cc2)CC1)c1cc(Cl)c2c(c1)OCO2. The number of carbonyl (C=O) groups is 1. The van der Waals surface area contributed by atoms with Crippen LogP contribution in [0.5, 0.6) is 11.5 Å². The van der Waals surface area contributed by atoms with E-state index in [1.807, 2.05) is 12.1 Å². The second-order valence-electron chi connectivity index (χ2n) is 6.99. The van der Waals surface area contributed by atoms with Crippen LogP contribution < -0.4 is 19.7 Å². The second-order valence-corrected chi connectivity index (χ2v) is 7.84. The molecule has 2 N–H and O–H groups in total. The van der Waals surface area contributed by atoms with Crippen molar-refractivity contribution in [3.05, 3.63) is 57.6 Å². The maximum absolute atomic E-state index is 12.6. The third-order valence-electron chi connectivity index (χ3n) is 5.08. The number of halogens is 2. The lowest BCUT2D eigenvalue weighted by Gasteiger charge is -2.30. The number of ether oxygens (including phenoxy) is 2. The number of quaternary nitrogens is 1. The van der Waals surface area contributed by atoms with Gasteiger partial charge in [-0.25, -0.2) is 0 Å². The molecular formula is C20H21Cl2N2O3+. The maximum Gasteiger partial charge on any atom is 0.251 e. The Hall–Kier alpha value is -1.95. The molecule has 27 heavy (non-hydrogen) atoms. The van der Waals surface area contributed by atoms with Gasteiger partial charge in [-0.1, -0.05) is 35.3 Å². The van der Waals surface area contributed by atoms with Gasteiger partial charge in [0.25, 0.3) is 5.91 Å². The second kappa shape index (κ2) is 7.97. The standard InChI is InChI=1S/C20H20Cl2N2O3/c21-15-3-1-13(2-4-15)11-24-7-5-16(6-8-24)23-20(25)14-9-17(22)19-18(10-14)26-12-27-19/h1-4,9-10,16H,5-8,11-12H2,(H,23,25)/p+1. The summed E-state index contributed by atoms with van der Waals surface area (Å²) >= 11 is 12.1. The highest BCUT2D eigenvalue weighted by Gasteiger charge is 2.25. The van der Waals surface area contributed by atoms with Gasteiger partial charge in [0.1, 0.15) is 6.54 Å².